The maximum absolute atomic E-state index is 12.1. The molecule has 2 rings (SSSR count). The highest BCUT2D eigenvalue weighted by Crippen LogP contribution is 2.18. The molecule has 0 bridgehead atoms. The standard InChI is InChI=1S/C15H21ClN2O2/c1-10-14(7-4-8-17-10)18-15(19)11(2)20-13-6-3-5-12(16)9-13/h3,5-6,9-11,14,17H,4,7-8H2,1-2H3,(H,18,19). The Morgan fingerprint density at radius 2 is 2.35 bits per heavy atom. The normalized spacial score (nSPS) is 23.9. The van der Waals surface area contributed by atoms with Crippen molar-refractivity contribution < 1.29 is 9.53 Å². The molecule has 3 atom stereocenters. The lowest BCUT2D eigenvalue weighted by Crippen LogP contribution is -2.54. The Kier molecular flexibility index (Phi) is 5.26. The van der Waals surface area contributed by atoms with Crippen molar-refractivity contribution in [3.05, 3.63) is 29.3 Å². The zero-order chi connectivity index (χ0) is 14.5. The highest BCUT2D eigenvalue weighted by Gasteiger charge is 2.25. The summed E-state index contributed by atoms with van der Waals surface area (Å²) in [6.07, 6.45) is 1.55. The fourth-order valence-electron chi connectivity index (χ4n) is 2.34. The van der Waals surface area contributed by atoms with Gasteiger partial charge in [0.1, 0.15) is 5.75 Å². The molecule has 5 heteroatoms. The predicted octanol–water partition coefficient (Wildman–Crippen LogP) is 2.36. The van der Waals surface area contributed by atoms with E-state index in [2.05, 4.69) is 17.6 Å². The van der Waals surface area contributed by atoms with E-state index in [0.717, 1.165) is 19.4 Å². The van der Waals surface area contributed by atoms with Crippen molar-refractivity contribution in [1.82, 2.24) is 10.6 Å². The lowest BCUT2D eigenvalue weighted by molar-refractivity contribution is -0.128. The molecule has 1 aliphatic rings. The molecule has 1 saturated heterocycles. The van der Waals surface area contributed by atoms with E-state index in [9.17, 15) is 4.79 Å². The second kappa shape index (κ2) is 6.95. The predicted molar refractivity (Wildman–Crippen MR) is 80.2 cm³/mol. The van der Waals surface area contributed by atoms with Crippen molar-refractivity contribution in [3.63, 3.8) is 0 Å². The summed E-state index contributed by atoms with van der Waals surface area (Å²) in [7, 11) is 0. The fourth-order valence-corrected chi connectivity index (χ4v) is 2.52. The van der Waals surface area contributed by atoms with Gasteiger partial charge in [-0.05, 0) is 51.4 Å². The number of nitrogens with one attached hydrogen (secondary N) is 2. The van der Waals surface area contributed by atoms with Gasteiger partial charge in [-0.2, -0.15) is 0 Å². The van der Waals surface area contributed by atoms with Gasteiger partial charge in [0.15, 0.2) is 6.10 Å². The van der Waals surface area contributed by atoms with E-state index in [-0.39, 0.29) is 11.9 Å². The van der Waals surface area contributed by atoms with Gasteiger partial charge in [-0.1, -0.05) is 17.7 Å². The number of rotatable bonds is 4. The maximum Gasteiger partial charge on any atom is 0.261 e. The van der Waals surface area contributed by atoms with Crippen LogP contribution >= 0.6 is 11.6 Å². The van der Waals surface area contributed by atoms with Crippen LogP contribution in [0.3, 0.4) is 0 Å². The second-order valence-corrected chi connectivity index (χ2v) is 5.65. The van der Waals surface area contributed by atoms with Gasteiger partial charge >= 0.3 is 0 Å². The van der Waals surface area contributed by atoms with E-state index in [1.807, 2.05) is 0 Å². The van der Waals surface area contributed by atoms with Gasteiger partial charge in [0.2, 0.25) is 0 Å². The molecule has 0 aromatic heterocycles. The van der Waals surface area contributed by atoms with Crippen LogP contribution in [0.4, 0.5) is 0 Å². The number of hydrogen-bond donors (Lipinski definition) is 2. The third kappa shape index (κ3) is 4.12. The number of halogens is 1. The highest BCUT2D eigenvalue weighted by molar-refractivity contribution is 6.30. The molecular weight excluding hydrogens is 276 g/mol. The van der Waals surface area contributed by atoms with Gasteiger partial charge in [0, 0.05) is 17.1 Å². The van der Waals surface area contributed by atoms with Crippen molar-refractivity contribution >= 4 is 17.5 Å². The summed E-state index contributed by atoms with van der Waals surface area (Å²) in [6, 6.07) is 7.54. The lowest BCUT2D eigenvalue weighted by Gasteiger charge is -2.31. The van der Waals surface area contributed by atoms with Crippen LogP contribution in [0.5, 0.6) is 5.75 Å². The molecule has 1 aromatic rings. The van der Waals surface area contributed by atoms with Crippen molar-refractivity contribution in [2.24, 2.45) is 0 Å². The minimum atomic E-state index is -0.539. The van der Waals surface area contributed by atoms with Crippen molar-refractivity contribution in [3.8, 4) is 5.75 Å². The smallest absolute Gasteiger partial charge is 0.261 e. The molecule has 1 aromatic carbocycles. The Hall–Kier alpha value is -1.26. The van der Waals surface area contributed by atoms with Crippen molar-refractivity contribution in [2.75, 3.05) is 6.54 Å². The first-order chi connectivity index (χ1) is 9.56. The fraction of sp³-hybridized carbons (Fsp3) is 0.533. The SMILES string of the molecule is CC(Oc1cccc(Cl)c1)C(=O)NC1CCCNC1C. The summed E-state index contributed by atoms with van der Waals surface area (Å²) in [4.78, 5) is 12.1. The summed E-state index contributed by atoms with van der Waals surface area (Å²) in [5, 5.41) is 7.00. The number of carbonyl (C=O) groups excluding carboxylic acids is 1. The van der Waals surface area contributed by atoms with Gasteiger partial charge in [-0.15, -0.1) is 0 Å². The molecule has 110 valence electrons. The molecular formula is C15H21ClN2O2. The number of amides is 1. The number of piperidine rings is 1. The average Bonchev–Trinajstić information content (AvgIpc) is 2.41. The van der Waals surface area contributed by atoms with Gasteiger partial charge in [0.25, 0.3) is 5.91 Å². The van der Waals surface area contributed by atoms with Crippen LogP contribution in [0.2, 0.25) is 5.02 Å². The molecule has 0 spiro atoms. The molecule has 20 heavy (non-hydrogen) atoms. The Morgan fingerprint density at radius 1 is 1.55 bits per heavy atom. The number of ether oxygens (including phenoxy) is 1. The van der Waals surface area contributed by atoms with Crippen LogP contribution in [0, 0.1) is 0 Å². The molecule has 0 radical (unpaired) electrons. The molecule has 1 heterocycles. The third-order valence-corrected chi connectivity index (χ3v) is 3.80. The second-order valence-electron chi connectivity index (χ2n) is 5.22. The first-order valence-electron chi connectivity index (χ1n) is 7.02. The number of benzene rings is 1. The van der Waals surface area contributed by atoms with Crippen LogP contribution < -0.4 is 15.4 Å². The molecule has 3 unspecified atom stereocenters. The van der Waals surface area contributed by atoms with Crippen LogP contribution in [0.1, 0.15) is 26.7 Å². The molecule has 1 amide bonds. The zero-order valence-corrected chi connectivity index (χ0v) is 12.6. The summed E-state index contributed by atoms with van der Waals surface area (Å²) in [6.45, 7) is 4.85. The van der Waals surface area contributed by atoms with E-state index >= 15 is 0 Å². The third-order valence-electron chi connectivity index (χ3n) is 3.57. The summed E-state index contributed by atoms with van der Waals surface area (Å²) < 4.78 is 5.62. The molecule has 1 aliphatic heterocycles. The largest absolute Gasteiger partial charge is 0.481 e. The molecule has 0 saturated carbocycles. The van der Waals surface area contributed by atoms with Gasteiger partial charge < -0.3 is 15.4 Å². The number of hydrogen-bond acceptors (Lipinski definition) is 3. The Labute approximate surface area is 124 Å². The van der Waals surface area contributed by atoms with E-state index < -0.39 is 6.10 Å². The molecule has 1 fully saturated rings. The van der Waals surface area contributed by atoms with E-state index in [4.69, 9.17) is 16.3 Å². The van der Waals surface area contributed by atoms with Gasteiger partial charge in [-0.25, -0.2) is 0 Å². The zero-order valence-electron chi connectivity index (χ0n) is 11.9. The molecule has 0 aliphatic carbocycles. The van der Waals surface area contributed by atoms with Crippen molar-refractivity contribution in [2.45, 2.75) is 44.9 Å². The first-order valence-corrected chi connectivity index (χ1v) is 7.40. The molecule has 2 N–H and O–H groups in total. The van der Waals surface area contributed by atoms with Crippen LogP contribution in [0.25, 0.3) is 0 Å². The van der Waals surface area contributed by atoms with E-state index in [1.54, 1.807) is 31.2 Å². The van der Waals surface area contributed by atoms with E-state index in [1.165, 1.54) is 0 Å². The summed E-state index contributed by atoms with van der Waals surface area (Å²) >= 11 is 5.89. The first kappa shape index (κ1) is 15.1. The topological polar surface area (TPSA) is 50.4 Å². The van der Waals surface area contributed by atoms with Gasteiger partial charge in [-0.3, -0.25) is 4.79 Å². The highest BCUT2D eigenvalue weighted by atomic mass is 35.5. The summed E-state index contributed by atoms with van der Waals surface area (Å²) in [5.41, 5.74) is 0. The maximum atomic E-state index is 12.1. The Balaban J connectivity index is 1.88. The lowest BCUT2D eigenvalue weighted by atomic mass is 10.00. The van der Waals surface area contributed by atoms with E-state index in [0.29, 0.717) is 16.8 Å². The average molecular weight is 297 g/mol. The van der Waals surface area contributed by atoms with Crippen molar-refractivity contribution in [1.29, 1.82) is 0 Å². The Bertz CT molecular complexity index is 467. The quantitative estimate of drug-likeness (QED) is 0.897. The Morgan fingerprint density at radius 3 is 3.05 bits per heavy atom. The van der Waals surface area contributed by atoms with Crippen LogP contribution in [-0.2, 0) is 4.79 Å². The monoisotopic (exact) mass is 296 g/mol. The van der Waals surface area contributed by atoms with Crippen LogP contribution in [-0.4, -0.2) is 30.6 Å². The molecule has 4 nitrogen and oxygen atoms in total. The minimum Gasteiger partial charge on any atom is -0.481 e. The van der Waals surface area contributed by atoms with Gasteiger partial charge in [0.05, 0.1) is 0 Å². The van der Waals surface area contributed by atoms with Crippen LogP contribution in [0.15, 0.2) is 24.3 Å². The number of carbonyl (C=O) groups is 1. The summed E-state index contributed by atoms with van der Waals surface area (Å²) in [5.74, 6) is 0.514. The minimum absolute atomic E-state index is 0.0921.